The van der Waals surface area contributed by atoms with Crippen LogP contribution < -0.4 is 15.2 Å². The minimum atomic E-state index is -0.573. The molecule has 3 nitrogen and oxygen atoms in total. The largest absolute Gasteiger partial charge is 0.486 e. The quantitative estimate of drug-likeness (QED) is 0.896. The normalized spacial score (nSPS) is 14.9. The number of rotatable bonds is 2. The molecule has 0 radical (unpaired) electrons. The van der Waals surface area contributed by atoms with Crippen LogP contribution in [0.4, 0.5) is 4.39 Å². The molecule has 2 aromatic rings. The molecule has 5 heteroatoms. The topological polar surface area (TPSA) is 44.5 Å². The Hall–Kier alpha value is -1.59. The summed E-state index contributed by atoms with van der Waals surface area (Å²) in [5, 5.41) is 0. The molecule has 0 saturated heterocycles. The van der Waals surface area contributed by atoms with Gasteiger partial charge in [0.1, 0.15) is 19.0 Å². The number of aryl methyl sites for hydroxylation is 1. The molecule has 2 aromatic carbocycles. The Morgan fingerprint density at radius 2 is 1.76 bits per heavy atom. The lowest BCUT2D eigenvalue weighted by molar-refractivity contribution is 0.171. The minimum Gasteiger partial charge on any atom is -0.486 e. The van der Waals surface area contributed by atoms with E-state index in [-0.39, 0.29) is 5.82 Å². The number of hydrogen-bond donors (Lipinski definition) is 1. The van der Waals surface area contributed by atoms with Crippen LogP contribution in [0.15, 0.2) is 34.8 Å². The molecule has 0 spiro atoms. The average molecular weight is 352 g/mol. The van der Waals surface area contributed by atoms with Gasteiger partial charge in [0, 0.05) is 10.0 Å². The molecule has 0 fully saturated rings. The van der Waals surface area contributed by atoms with Gasteiger partial charge in [0.2, 0.25) is 0 Å². The Morgan fingerprint density at radius 1 is 1.10 bits per heavy atom. The van der Waals surface area contributed by atoms with Crippen molar-refractivity contribution in [2.75, 3.05) is 13.2 Å². The van der Waals surface area contributed by atoms with Crippen LogP contribution in [-0.2, 0) is 0 Å². The van der Waals surface area contributed by atoms with Crippen molar-refractivity contribution in [3.63, 3.8) is 0 Å². The van der Waals surface area contributed by atoms with Gasteiger partial charge in [0.15, 0.2) is 11.5 Å². The van der Waals surface area contributed by atoms with Crippen LogP contribution in [0.5, 0.6) is 11.5 Å². The van der Waals surface area contributed by atoms with Crippen LogP contribution in [0.2, 0.25) is 0 Å². The maximum absolute atomic E-state index is 14.1. The molecule has 0 bridgehead atoms. The van der Waals surface area contributed by atoms with E-state index < -0.39 is 6.04 Å². The molecule has 1 aliphatic heterocycles. The zero-order chi connectivity index (χ0) is 15.0. The second-order valence-corrected chi connectivity index (χ2v) is 5.87. The van der Waals surface area contributed by atoms with E-state index in [0.717, 1.165) is 15.6 Å². The monoisotopic (exact) mass is 351 g/mol. The predicted octanol–water partition coefficient (Wildman–Crippen LogP) is 3.72. The molecule has 110 valence electrons. The maximum atomic E-state index is 14.1. The molecule has 0 amide bonds. The number of hydrogen-bond acceptors (Lipinski definition) is 3. The second kappa shape index (κ2) is 5.66. The summed E-state index contributed by atoms with van der Waals surface area (Å²) in [6.07, 6.45) is 0. The summed E-state index contributed by atoms with van der Waals surface area (Å²) in [6, 6.07) is 8.11. The number of ether oxygens (including phenoxy) is 2. The summed E-state index contributed by atoms with van der Waals surface area (Å²) in [5.41, 5.74) is 8.32. The van der Waals surface area contributed by atoms with Gasteiger partial charge < -0.3 is 15.2 Å². The van der Waals surface area contributed by atoms with E-state index in [1.54, 1.807) is 6.07 Å². The van der Waals surface area contributed by atoms with Gasteiger partial charge in [-0.1, -0.05) is 28.1 Å². The maximum Gasteiger partial charge on any atom is 0.162 e. The first-order valence-electron chi connectivity index (χ1n) is 6.67. The number of nitrogens with two attached hydrogens (primary N) is 1. The van der Waals surface area contributed by atoms with Crippen molar-refractivity contribution in [2.24, 2.45) is 5.73 Å². The number of fused-ring (bicyclic) bond motifs is 1. The second-order valence-electron chi connectivity index (χ2n) is 5.02. The van der Waals surface area contributed by atoms with Gasteiger partial charge in [0.25, 0.3) is 0 Å². The third-order valence-corrected chi connectivity index (χ3v) is 4.17. The van der Waals surface area contributed by atoms with Crippen molar-refractivity contribution in [3.05, 3.63) is 57.3 Å². The lowest BCUT2D eigenvalue weighted by Gasteiger charge is -2.22. The fraction of sp³-hybridized carbons (Fsp3) is 0.250. The van der Waals surface area contributed by atoms with E-state index in [4.69, 9.17) is 15.2 Å². The van der Waals surface area contributed by atoms with Crippen molar-refractivity contribution in [1.82, 2.24) is 0 Å². The predicted molar refractivity (Wildman–Crippen MR) is 82.3 cm³/mol. The number of halogens is 2. The van der Waals surface area contributed by atoms with E-state index in [9.17, 15) is 4.39 Å². The van der Waals surface area contributed by atoms with Gasteiger partial charge in [0.05, 0.1) is 6.04 Å². The Balaban J connectivity index is 2.03. The van der Waals surface area contributed by atoms with Crippen LogP contribution in [0.3, 0.4) is 0 Å². The van der Waals surface area contributed by atoms with Crippen LogP contribution in [0.25, 0.3) is 0 Å². The molecule has 21 heavy (non-hydrogen) atoms. The Labute approximate surface area is 131 Å². The van der Waals surface area contributed by atoms with Crippen LogP contribution >= 0.6 is 15.9 Å². The van der Waals surface area contributed by atoms with E-state index in [0.29, 0.717) is 30.3 Å². The van der Waals surface area contributed by atoms with Gasteiger partial charge in [-0.2, -0.15) is 0 Å². The first-order chi connectivity index (χ1) is 10.1. The van der Waals surface area contributed by atoms with Crippen molar-refractivity contribution in [2.45, 2.75) is 13.0 Å². The van der Waals surface area contributed by atoms with Gasteiger partial charge in [-0.15, -0.1) is 0 Å². The first kappa shape index (κ1) is 14.4. The van der Waals surface area contributed by atoms with E-state index >= 15 is 0 Å². The highest BCUT2D eigenvalue weighted by molar-refractivity contribution is 9.10. The zero-order valence-corrected chi connectivity index (χ0v) is 13.1. The smallest absolute Gasteiger partial charge is 0.162 e. The molecule has 1 atom stereocenters. The fourth-order valence-electron chi connectivity index (χ4n) is 2.37. The standard InChI is InChI=1S/C16H15BrFNO2/c1-9-2-3-10(13(18)6-9)16(19)11-7-14-15(8-12(11)17)21-5-4-20-14/h2-3,6-8,16H,4-5,19H2,1H3. The van der Waals surface area contributed by atoms with Crippen LogP contribution in [-0.4, -0.2) is 13.2 Å². The molecule has 3 rings (SSSR count). The summed E-state index contributed by atoms with van der Waals surface area (Å²) >= 11 is 3.47. The molecule has 1 unspecified atom stereocenters. The minimum absolute atomic E-state index is 0.302. The summed E-state index contributed by atoms with van der Waals surface area (Å²) < 4.78 is 26.0. The lowest BCUT2D eigenvalue weighted by Crippen LogP contribution is -2.18. The molecule has 2 N–H and O–H groups in total. The molecule has 0 saturated carbocycles. The third-order valence-electron chi connectivity index (χ3n) is 3.49. The Morgan fingerprint density at radius 3 is 2.43 bits per heavy atom. The first-order valence-corrected chi connectivity index (χ1v) is 7.46. The highest BCUT2D eigenvalue weighted by Crippen LogP contribution is 2.39. The Kier molecular flexibility index (Phi) is 3.87. The molecule has 0 aromatic heterocycles. The zero-order valence-electron chi connectivity index (χ0n) is 11.5. The average Bonchev–Trinajstić information content (AvgIpc) is 2.46. The van der Waals surface area contributed by atoms with E-state index in [2.05, 4.69) is 15.9 Å². The highest BCUT2D eigenvalue weighted by Gasteiger charge is 2.21. The molecule has 1 aliphatic rings. The summed E-state index contributed by atoms with van der Waals surface area (Å²) in [4.78, 5) is 0. The number of benzene rings is 2. The summed E-state index contributed by atoms with van der Waals surface area (Å²) in [7, 11) is 0. The third kappa shape index (κ3) is 2.76. The summed E-state index contributed by atoms with van der Waals surface area (Å²) in [5.74, 6) is 1.01. The van der Waals surface area contributed by atoms with Gasteiger partial charge in [-0.05, 0) is 36.2 Å². The van der Waals surface area contributed by atoms with Gasteiger partial charge >= 0.3 is 0 Å². The Bertz CT molecular complexity index is 690. The molecule has 0 aliphatic carbocycles. The highest BCUT2D eigenvalue weighted by atomic mass is 79.9. The van der Waals surface area contributed by atoms with E-state index in [1.807, 2.05) is 25.1 Å². The van der Waals surface area contributed by atoms with Crippen LogP contribution in [0.1, 0.15) is 22.7 Å². The van der Waals surface area contributed by atoms with Gasteiger partial charge in [-0.25, -0.2) is 4.39 Å². The van der Waals surface area contributed by atoms with Crippen molar-refractivity contribution < 1.29 is 13.9 Å². The lowest BCUT2D eigenvalue weighted by atomic mass is 9.97. The van der Waals surface area contributed by atoms with Crippen LogP contribution in [0, 0.1) is 12.7 Å². The SMILES string of the molecule is Cc1ccc(C(N)c2cc3c(cc2Br)OCCO3)c(F)c1. The van der Waals surface area contributed by atoms with Gasteiger partial charge in [-0.3, -0.25) is 0 Å². The molecule has 1 heterocycles. The fourth-order valence-corrected chi connectivity index (χ4v) is 2.94. The molecular formula is C16H15BrFNO2. The van der Waals surface area contributed by atoms with E-state index in [1.165, 1.54) is 6.07 Å². The van der Waals surface area contributed by atoms with Crippen molar-refractivity contribution in [1.29, 1.82) is 0 Å². The molecular weight excluding hydrogens is 337 g/mol. The van der Waals surface area contributed by atoms with Crippen molar-refractivity contribution >= 4 is 15.9 Å². The summed E-state index contributed by atoms with van der Waals surface area (Å²) in [6.45, 7) is 2.87. The van der Waals surface area contributed by atoms with Crippen molar-refractivity contribution in [3.8, 4) is 11.5 Å².